The average molecular weight is 245 g/mol. The van der Waals surface area contributed by atoms with Crippen LogP contribution in [0.2, 0.25) is 10.0 Å². The summed E-state index contributed by atoms with van der Waals surface area (Å²) in [6.45, 7) is 0. The molecule has 6 heteroatoms. The van der Waals surface area contributed by atoms with Gasteiger partial charge < -0.3 is 0 Å². The monoisotopic (exact) mass is 244 g/mol. The van der Waals surface area contributed by atoms with Gasteiger partial charge in [0.1, 0.15) is 5.02 Å². The predicted octanol–water partition coefficient (Wildman–Crippen LogP) is 3.36. The Kier molecular flexibility index (Phi) is 3.89. The molecular formula is C9H6Cl2N2O2. The van der Waals surface area contributed by atoms with E-state index >= 15 is 0 Å². The van der Waals surface area contributed by atoms with E-state index in [0.717, 1.165) is 0 Å². The van der Waals surface area contributed by atoms with Crippen LogP contribution >= 0.6 is 23.2 Å². The Morgan fingerprint density at radius 2 is 2.07 bits per heavy atom. The van der Waals surface area contributed by atoms with Gasteiger partial charge in [-0.3, -0.25) is 10.1 Å². The Bertz CT molecular complexity index is 440. The van der Waals surface area contributed by atoms with Crippen molar-refractivity contribution in [2.75, 3.05) is 0 Å². The van der Waals surface area contributed by atoms with Crippen LogP contribution in [0, 0.1) is 21.4 Å². The fourth-order valence-electron chi connectivity index (χ4n) is 1.10. The van der Waals surface area contributed by atoms with E-state index in [0.29, 0.717) is 17.0 Å². The van der Waals surface area contributed by atoms with E-state index in [2.05, 4.69) is 0 Å². The number of hydrogen-bond donors (Lipinski definition) is 0. The summed E-state index contributed by atoms with van der Waals surface area (Å²) in [6, 6.07) is 4.58. The molecule has 0 heterocycles. The zero-order chi connectivity index (χ0) is 11.4. The largest absolute Gasteiger partial charge is 0.288 e. The number of hydrogen-bond acceptors (Lipinski definition) is 3. The van der Waals surface area contributed by atoms with Crippen molar-refractivity contribution in [3.8, 4) is 6.07 Å². The van der Waals surface area contributed by atoms with Crippen molar-refractivity contribution in [3.63, 3.8) is 0 Å². The quantitative estimate of drug-likeness (QED) is 0.605. The second kappa shape index (κ2) is 4.96. The maximum absolute atomic E-state index is 10.6. The molecule has 15 heavy (non-hydrogen) atoms. The third kappa shape index (κ3) is 2.82. The third-order valence-electron chi connectivity index (χ3n) is 1.82. The van der Waals surface area contributed by atoms with Gasteiger partial charge in [-0.1, -0.05) is 23.2 Å². The molecule has 0 fully saturated rings. The molecular weight excluding hydrogens is 239 g/mol. The normalized spacial score (nSPS) is 9.67. The molecule has 0 aliphatic heterocycles. The molecule has 1 rings (SSSR count). The highest BCUT2D eigenvalue weighted by Gasteiger charge is 2.15. The number of nitro benzene ring substituents is 1. The van der Waals surface area contributed by atoms with E-state index in [-0.39, 0.29) is 17.1 Å². The van der Waals surface area contributed by atoms with Gasteiger partial charge in [-0.05, 0) is 18.1 Å². The highest BCUT2D eigenvalue weighted by Crippen LogP contribution is 2.31. The molecule has 0 saturated heterocycles. The molecule has 1 aromatic carbocycles. The molecule has 0 spiro atoms. The van der Waals surface area contributed by atoms with Gasteiger partial charge in [0.2, 0.25) is 0 Å². The minimum atomic E-state index is -0.575. The predicted molar refractivity (Wildman–Crippen MR) is 57.1 cm³/mol. The Balaban J connectivity index is 3.13. The van der Waals surface area contributed by atoms with Crippen LogP contribution in [0.4, 0.5) is 5.69 Å². The summed E-state index contributed by atoms with van der Waals surface area (Å²) >= 11 is 11.5. The molecule has 0 saturated carbocycles. The van der Waals surface area contributed by atoms with E-state index in [1.54, 1.807) is 0 Å². The number of nitriles is 1. The lowest BCUT2D eigenvalue weighted by molar-refractivity contribution is -0.384. The third-order valence-corrected chi connectivity index (χ3v) is 2.47. The van der Waals surface area contributed by atoms with Gasteiger partial charge >= 0.3 is 0 Å². The van der Waals surface area contributed by atoms with E-state index in [4.69, 9.17) is 28.5 Å². The van der Waals surface area contributed by atoms with Crippen molar-refractivity contribution in [2.24, 2.45) is 0 Å². The fraction of sp³-hybridized carbons (Fsp3) is 0.222. The van der Waals surface area contributed by atoms with Crippen molar-refractivity contribution in [1.29, 1.82) is 5.26 Å². The van der Waals surface area contributed by atoms with Crippen LogP contribution < -0.4 is 0 Å². The molecule has 78 valence electrons. The van der Waals surface area contributed by atoms with Gasteiger partial charge in [0.05, 0.1) is 11.0 Å². The zero-order valence-electron chi connectivity index (χ0n) is 7.54. The maximum Gasteiger partial charge on any atom is 0.288 e. The Morgan fingerprint density at radius 3 is 2.60 bits per heavy atom. The van der Waals surface area contributed by atoms with Gasteiger partial charge in [-0.25, -0.2) is 0 Å². The Labute approximate surface area is 96.2 Å². The van der Waals surface area contributed by atoms with Crippen LogP contribution in [-0.4, -0.2) is 4.92 Å². The first-order chi connectivity index (χ1) is 7.06. The highest BCUT2D eigenvalue weighted by molar-refractivity contribution is 6.36. The molecule has 4 nitrogen and oxygen atoms in total. The van der Waals surface area contributed by atoms with E-state index in [1.165, 1.54) is 12.1 Å². The molecule has 0 bridgehead atoms. The van der Waals surface area contributed by atoms with Crippen molar-refractivity contribution in [2.45, 2.75) is 12.8 Å². The number of rotatable bonds is 3. The summed E-state index contributed by atoms with van der Waals surface area (Å²) < 4.78 is 0. The Hall–Kier alpha value is -1.31. The van der Waals surface area contributed by atoms with Crippen molar-refractivity contribution in [3.05, 3.63) is 37.9 Å². The van der Waals surface area contributed by atoms with Crippen LogP contribution in [0.5, 0.6) is 0 Å². The van der Waals surface area contributed by atoms with Gasteiger partial charge in [-0.15, -0.1) is 0 Å². The lowest BCUT2D eigenvalue weighted by Gasteiger charge is -2.02. The molecule has 0 N–H and O–H groups in total. The lowest BCUT2D eigenvalue weighted by Crippen LogP contribution is -1.93. The molecule has 0 atom stereocenters. The molecule has 0 unspecified atom stereocenters. The molecule has 0 aromatic heterocycles. The topological polar surface area (TPSA) is 66.9 Å². The number of nitro groups is 1. The van der Waals surface area contributed by atoms with Crippen molar-refractivity contribution >= 4 is 28.9 Å². The van der Waals surface area contributed by atoms with Crippen LogP contribution in [0.3, 0.4) is 0 Å². The minimum absolute atomic E-state index is 0.00528. The van der Waals surface area contributed by atoms with Crippen LogP contribution in [0.1, 0.15) is 12.0 Å². The van der Waals surface area contributed by atoms with Crippen molar-refractivity contribution < 1.29 is 4.92 Å². The number of halogens is 2. The molecule has 0 aliphatic carbocycles. The second-order valence-electron chi connectivity index (χ2n) is 2.81. The molecule has 0 amide bonds. The number of aryl methyl sites for hydroxylation is 1. The van der Waals surface area contributed by atoms with E-state index in [1.807, 2.05) is 6.07 Å². The lowest BCUT2D eigenvalue weighted by atomic mass is 10.1. The molecule has 1 aromatic rings. The standard InChI is InChI=1S/C9H6Cl2N2O2/c10-7-5-8(11)9(13(14)15)4-6(7)2-1-3-12/h4-5H,1-2H2. The first-order valence-corrected chi connectivity index (χ1v) is 4.81. The molecule has 0 radical (unpaired) electrons. The SMILES string of the molecule is N#CCCc1cc([N+](=O)[O-])c(Cl)cc1Cl. The smallest absolute Gasteiger partial charge is 0.258 e. The van der Waals surface area contributed by atoms with Gasteiger partial charge in [-0.2, -0.15) is 5.26 Å². The fourth-order valence-corrected chi connectivity index (χ4v) is 1.65. The summed E-state index contributed by atoms with van der Waals surface area (Å²) in [5, 5.41) is 19.3. The van der Waals surface area contributed by atoms with Crippen LogP contribution in [-0.2, 0) is 6.42 Å². The van der Waals surface area contributed by atoms with Gasteiger partial charge in [0.25, 0.3) is 5.69 Å². The highest BCUT2D eigenvalue weighted by atomic mass is 35.5. The number of benzene rings is 1. The first-order valence-electron chi connectivity index (χ1n) is 4.05. The summed E-state index contributed by atoms with van der Waals surface area (Å²) in [4.78, 5) is 10.00. The van der Waals surface area contributed by atoms with E-state index in [9.17, 15) is 10.1 Å². The maximum atomic E-state index is 10.6. The van der Waals surface area contributed by atoms with Crippen LogP contribution in [0.25, 0.3) is 0 Å². The number of nitrogens with zero attached hydrogens (tertiary/aromatic N) is 2. The average Bonchev–Trinajstić information content (AvgIpc) is 2.16. The Morgan fingerprint density at radius 1 is 1.40 bits per heavy atom. The zero-order valence-corrected chi connectivity index (χ0v) is 9.05. The van der Waals surface area contributed by atoms with Gasteiger partial charge in [0.15, 0.2) is 0 Å². The minimum Gasteiger partial charge on any atom is -0.258 e. The summed E-state index contributed by atoms with van der Waals surface area (Å²) in [6.07, 6.45) is 0.645. The molecule has 0 aliphatic rings. The van der Waals surface area contributed by atoms with Gasteiger partial charge in [0, 0.05) is 17.5 Å². The summed E-state index contributed by atoms with van der Waals surface area (Å²) in [5.74, 6) is 0. The summed E-state index contributed by atoms with van der Waals surface area (Å²) in [5.41, 5.74) is 0.378. The summed E-state index contributed by atoms with van der Waals surface area (Å²) in [7, 11) is 0. The van der Waals surface area contributed by atoms with Crippen molar-refractivity contribution in [1.82, 2.24) is 0 Å². The van der Waals surface area contributed by atoms with Crippen LogP contribution in [0.15, 0.2) is 12.1 Å². The van der Waals surface area contributed by atoms with E-state index < -0.39 is 4.92 Å². The second-order valence-corrected chi connectivity index (χ2v) is 3.62. The first kappa shape index (κ1) is 11.8.